The SMILES string of the molecule is Cc1ncc(-c2ccc(OCc3ccccc3)nc2OCc2ccccc2)[nH]1. The molecule has 4 rings (SSSR count). The summed E-state index contributed by atoms with van der Waals surface area (Å²) in [6, 6.07) is 23.8. The molecule has 1 N–H and O–H groups in total. The number of aryl methyl sites for hydroxylation is 1. The van der Waals surface area contributed by atoms with Crippen molar-refractivity contribution < 1.29 is 9.47 Å². The molecule has 2 aromatic carbocycles. The first-order valence-electron chi connectivity index (χ1n) is 9.14. The molecular weight excluding hydrogens is 350 g/mol. The Morgan fingerprint density at radius 2 is 1.43 bits per heavy atom. The molecule has 5 heteroatoms. The monoisotopic (exact) mass is 371 g/mol. The summed E-state index contributed by atoms with van der Waals surface area (Å²) in [5.41, 5.74) is 3.88. The van der Waals surface area contributed by atoms with Gasteiger partial charge in [0.25, 0.3) is 0 Å². The summed E-state index contributed by atoms with van der Waals surface area (Å²) >= 11 is 0. The average Bonchev–Trinajstić information content (AvgIpc) is 3.18. The number of aromatic nitrogens is 3. The Morgan fingerprint density at radius 3 is 2.04 bits per heavy atom. The maximum Gasteiger partial charge on any atom is 0.226 e. The minimum absolute atomic E-state index is 0.427. The lowest BCUT2D eigenvalue weighted by Crippen LogP contribution is -2.02. The average molecular weight is 371 g/mol. The minimum Gasteiger partial charge on any atom is -0.473 e. The summed E-state index contributed by atoms with van der Waals surface area (Å²) in [6.07, 6.45) is 1.78. The fourth-order valence-corrected chi connectivity index (χ4v) is 2.83. The lowest BCUT2D eigenvalue weighted by molar-refractivity contribution is 0.268. The van der Waals surface area contributed by atoms with Crippen LogP contribution in [0.1, 0.15) is 17.0 Å². The van der Waals surface area contributed by atoms with Crippen LogP contribution in [-0.2, 0) is 13.2 Å². The van der Waals surface area contributed by atoms with Gasteiger partial charge in [-0.05, 0) is 24.1 Å². The van der Waals surface area contributed by atoms with E-state index >= 15 is 0 Å². The molecule has 0 spiro atoms. The Bertz CT molecular complexity index is 1030. The summed E-state index contributed by atoms with van der Waals surface area (Å²) < 4.78 is 11.9. The number of nitrogens with zero attached hydrogens (tertiary/aromatic N) is 2. The molecule has 0 aliphatic rings. The fourth-order valence-electron chi connectivity index (χ4n) is 2.83. The van der Waals surface area contributed by atoms with Crippen molar-refractivity contribution in [1.82, 2.24) is 15.0 Å². The maximum absolute atomic E-state index is 6.04. The number of ether oxygens (including phenoxy) is 2. The molecule has 2 heterocycles. The quantitative estimate of drug-likeness (QED) is 0.500. The Hall–Kier alpha value is -3.60. The molecule has 0 amide bonds. The van der Waals surface area contributed by atoms with Gasteiger partial charge >= 0.3 is 0 Å². The third-order valence-corrected chi connectivity index (χ3v) is 4.28. The van der Waals surface area contributed by atoms with Gasteiger partial charge < -0.3 is 14.5 Å². The van der Waals surface area contributed by atoms with Gasteiger partial charge in [-0.3, -0.25) is 0 Å². The van der Waals surface area contributed by atoms with Gasteiger partial charge in [-0.2, -0.15) is 4.98 Å². The lowest BCUT2D eigenvalue weighted by Gasteiger charge is -2.12. The van der Waals surface area contributed by atoms with Crippen molar-refractivity contribution >= 4 is 0 Å². The maximum atomic E-state index is 6.04. The van der Waals surface area contributed by atoms with E-state index in [0.717, 1.165) is 28.2 Å². The van der Waals surface area contributed by atoms with Crippen LogP contribution in [0.15, 0.2) is 79.0 Å². The van der Waals surface area contributed by atoms with Crippen LogP contribution in [0.5, 0.6) is 11.8 Å². The van der Waals surface area contributed by atoms with Crippen molar-refractivity contribution in [1.29, 1.82) is 0 Å². The third-order valence-electron chi connectivity index (χ3n) is 4.28. The number of pyridine rings is 1. The molecule has 0 aliphatic carbocycles. The summed E-state index contributed by atoms with van der Waals surface area (Å²) in [4.78, 5) is 12.1. The highest BCUT2D eigenvalue weighted by Crippen LogP contribution is 2.30. The van der Waals surface area contributed by atoms with Crippen LogP contribution in [-0.4, -0.2) is 15.0 Å². The number of imidazole rings is 1. The standard InChI is InChI=1S/C23H21N3O2/c1-17-24-14-21(25-17)20-12-13-22(27-15-18-8-4-2-5-9-18)26-23(20)28-16-19-10-6-3-7-11-19/h2-14H,15-16H2,1H3,(H,24,25). The van der Waals surface area contributed by atoms with Crippen LogP contribution in [0.25, 0.3) is 11.3 Å². The number of nitrogens with one attached hydrogen (secondary N) is 1. The van der Waals surface area contributed by atoms with E-state index in [1.54, 1.807) is 6.20 Å². The van der Waals surface area contributed by atoms with Gasteiger partial charge in [0.2, 0.25) is 11.8 Å². The minimum atomic E-state index is 0.427. The fraction of sp³-hybridized carbons (Fsp3) is 0.130. The van der Waals surface area contributed by atoms with Crippen molar-refractivity contribution in [2.24, 2.45) is 0 Å². The molecule has 0 radical (unpaired) electrons. The van der Waals surface area contributed by atoms with Crippen LogP contribution in [0.4, 0.5) is 0 Å². The topological polar surface area (TPSA) is 60.0 Å². The van der Waals surface area contributed by atoms with Gasteiger partial charge in [0, 0.05) is 6.07 Å². The van der Waals surface area contributed by atoms with Crippen LogP contribution in [0.3, 0.4) is 0 Å². The molecule has 0 atom stereocenters. The van der Waals surface area contributed by atoms with E-state index in [2.05, 4.69) is 15.0 Å². The van der Waals surface area contributed by atoms with Crippen LogP contribution >= 0.6 is 0 Å². The smallest absolute Gasteiger partial charge is 0.226 e. The van der Waals surface area contributed by atoms with Gasteiger partial charge in [0.1, 0.15) is 19.0 Å². The Labute approximate surface area is 164 Å². The van der Waals surface area contributed by atoms with Gasteiger partial charge in [-0.25, -0.2) is 4.98 Å². The van der Waals surface area contributed by atoms with Crippen molar-refractivity contribution in [3.8, 4) is 23.0 Å². The number of benzene rings is 2. The third kappa shape index (κ3) is 4.38. The molecule has 0 unspecified atom stereocenters. The van der Waals surface area contributed by atoms with Gasteiger partial charge in [-0.1, -0.05) is 60.7 Å². The highest BCUT2D eigenvalue weighted by Gasteiger charge is 2.13. The molecular formula is C23H21N3O2. The highest BCUT2D eigenvalue weighted by atomic mass is 16.5. The van der Waals surface area contributed by atoms with E-state index < -0.39 is 0 Å². The molecule has 0 saturated heterocycles. The van der Waals surface area contributed by atoms with Crippen molar-refractivity contribution in [3.05, 3.63) is 95.9 Å². The van der Waals surface area contributed by atoms with Crippen LogP contribution in [0, 0.1) is 6.92 Å². The molecule has 5 nitrogen and oxygen atoms in total. The van der Waals surface area contributed by atoms with Gasteiger partial charge in [0.05, 0.1) is 17.5 Å². The number of H-pyrrole nitrogens is 1. The zero-order valence-corrected chi connectivity index (χ0v) is 15.6. The highest BCUT2D eigenvalue weighted by molar-refractivity contribution is 5.65. The predicted octanol–water partition coefficient (Wildman–Crippen LogP) is 4.94. The summed E-state index contributed by atoms with van der Waals surface area (Å²) in [5.74, 6) is 1.87. The molecule has 28 heavy (non-hydrogen) atoms. The lowest BCUT2D eigenvalue weighted by atomic mass is 10.2. The second-order valence-electron chi connectivity index (χ2n) is 6.43. The van der Waals surface area contributed by atoms with E-state index in [-0.39, 0.29) is 0 Å². The predicted molar refractivity (Wildman–Crippen MR) is 108 cm³/mol. The zero-order valence-electron chi connectivity index (χ0n) is 15.6. The van der Waals surface area contributed by atoms with Crippen molar-refractivity contribution in [2.75, 3.05) is 0 Å². The molecule has 0 saturated carbocycles. The summed E-state index contributed by atoms with van der Waals surface area (Å²) in [7, 11) is 0. The summed E-state index contributed by atoms with van der Waals surface area (Å²) in [6.45, 7) is 2.79. The second kappa shape index (κ2) is 8.39. The van der Waals surface area contributed by atoms with Gasteiger partial charge in [0.15, 0.2) is 0 Å². The number of aromatic amines is 1. The number of hydrogen-bond donors (Lipinski definition) is 1. The normalized spacial score (nSPS) is 10.6. The van der Waals surface area contributed by atoms with Crippen LogP contribution in [0.2, 0.25) is 0 Å². The Kier molecular flexibility index (Phi) is 5.33. The molecule has 4 aromatic rings. The number of rotatable bonds is 7. The first-order valence-corrected chi connectivity index (χ1v) is 9.14. The summed E-state index contributed by atoms with van der Waals surface area (Å²) in [5, 5.41) is 0. The molecule has 0 bridgehead atoms. The first-order chi connectivity index (χ1) is 13.8. The Morgan fingerprint density at radius 1 is 0.786 bits per heavy atom. The first kappa shape index (κ1) is 17.8. The zero-order chi connectivity index (χ0) is 19.2. The van der Waals surface area contributed by atoms with E-state index in [4.69, 9.17) is 9.47 Å². The van der Waals surface area contributed by atoms with Crippen LogP contribution < -0.4 is 9.47 Å². The van der Waals surface area contributed by atoms with E-state index in [1.807, 2.05) is 79.7 Å². The molecule has 0 fully saturated rings. The molecule has 0 aliphatic heterocycles. The largest absolute Gasteiger partial charge is 0.473 e. The Balaban J connectivity index is 1.57. The van der Waals surface area contributed by atoms with E-state index in [9.17, 15) is 0 Å². The van der Waals surface area contributed by atoms with E-state index in [0.29, 0.717) is 25.0 Å². The van der Waals surface area contributed by atoms with Gasteiger partial charge in [-0.15, -0.1) is 0 Å². The van der Waals surface area contributed by atoms with Crippen molar-refractivity contribution in [3.63, 3.8) is 0 Å². The number of hydrogen-bond acceptors (Lipinski definition) is 4. The molecule has 140 valence electrons. The molecule has 2 aromatic heterocycles. The van der Waals surface area contributed by atoms with E-state index in [1.165, 1.54) is 0 Å². The second-order valence-corrected chi connectivity index (χ2v) is 6.43. The van der Waals surface area contributed by atoms with Crippen molar-refractivity contribution in [2.45, 2.75) is 20.1 Å².